The second-order valence-corrected chi connectivity index (χ2v) is 12.3. The molecule has 0 amide bonds. The lowest BCUT2D eigenvalue weighted by Crippen LogP contribution is -2.64. The second-order valence-electron chi connectivity index (χ2n) is 8.34. The first-order valence-electron chi connectivity index (χ1n) is 10.9. The van der Waals surface area contributed by atoms with Crippen molar-refractivity contribution in [1.29, 1.82) is 0 Å². The van der Waals surface area contributed by atoms with E-state index in [9.17, 15) is 0 Å². The van der Waals surface area contributed by atoms with Crippen LogP contribution in [-0.4, -0.2) is 22.0 Å². The molecule has 2 heterocycles. The summed E-state index contributed by atoms with van der Waals surface area (Å²) >= 11 is 0. The van der Waals surface area contributed by atoms with Crippen LogP contribution >= 0.6 is 0 Å². The maximum Gasteiger partial charge on any atom is 0.219 e. The largest absolute Gasteiger partial charge is 0.286 e. The highest BCUT2D eigenvalue weighted by Gasteiger charge is 2.33. The van der Waals surface area contributed by atoms with Gasteiger partial charge >= 0.3 is 0 Å². The summed E-state index contributed by atoms with van der Waals surface area (Å²) in [6.45, 7) is 2.45. The van der Waals surface area contributed by atoms with Gasteiger partial charge in [0.2, 0.25) is 5.78 Å². The maximum absolute atomic E-state index is 4.85. The van der Waals surface area contributed by atoms with Crippen molar-refractivity contribution in [3.05, 3.63) is 122 Å². The molecule has 0 aliphatic rings. The predicted octanol–water partition coefficient (Wildman–Crippen LogP) is 4.38. The number of nitrogens with zero attached hydrogens (tertiary/aromatic N) is 3. The van der Waals surface area contributed by atoms with Crippen LogP contribution < -0.4 is 15.6 Å². The number of imidazole rings is 2. The molecule has 32 heavy (non-hydrogen) atoms. The zero-order chi connectivity index (χ0) is 21.5. The van der Waals surface area contributed by atoms with E-state index in [-0.39, 0.29) is 0 Å². The quantitative estimate of drug-likeness (QED) is 0.301. The van der Waals surface area contributed by atoms with Gasteiger partial charge in [0, 0.05) is 18.1 Å². The smallest absolute Gasteiger partial charge is 0.219 e. The summed E-state index contributed by atoms with van der Waals surface area (Å²) in [5.41, 5.74) is 3.27. The molecule has 0 saturated heterocycles. The number of rotatable bonds is 4. The predicted molar refractivity (Wildman–Crippen MR) is 135 cm³/mol. The van der Waals surface area contributed by atoms with Crippen LogP contribution in [0.25, 0.3) is 22.5 Å². The number of fused-ring (bicyclic) bond motifs is 3. The molecule has 4 heteroatoms. The molecular weight excluding hydrogens is 406 g/mol. The van der Waals surface area contributed by atoms with Crippen LogP contribution in [-0.2, 0) is 0 Å². The van der Waals surface area contributed by atoms with Gasteiger partial charge in [-0.1, -0.05) is 91.5 Å². The molecule has 0 aliphatic carbocycles. The summed E-state index contributed by atoms with van der Waals surface area (Å²) in [7, 11) is -2.10. The van der Waals surface area contributed by atoms with E-state index >= 15 is 0 Å². The van der Waals surface area contributed by atoms with Gasteiger partial charge < -0.3 is 0 Å². The van der Waals surface area contributed by atoms with Crippen molar-refractivity contribution in [3.8, 4) is 5.69 Å². The monoisotopic (exact) mass is 429 g/mol. The molecule has 0 fully saturated rings. The Hall–Kier alpha value is -3.89. The molecule has 0 aliphatic heterocycles. The lowest BCUT2D eigenvalue weighted by atomic mass is 10.3. The highest BCUT2D eigenvalue weighted by atomic mass is 28.3. The standard InChI is InChI=1S/C28H23N3Si/c1-32(23-10-4-2-5-11-23,24-12-6-3-7-13-24)25-18-16-22(17-19-25)30-20-21-31-27-15-9-8-14-26(27)29-28(30)31/h2-21H,1H3. The van der Waals surface area contributed by atoms with Gasteiger partial charge in [-0.05, 0) is 39.8 Å². The zero-order valence-corrected chi connectivity index (χ0v) is 18.9. The summed E-state index contributed by atoms with van der Waals surface area (Å²) in [6.07, 6.45) is 4.18. The Morgan fingerprint density at radius 2 is 1.16 bits per heavy atom. The van der Waals surface area contributed by atoms with Gasteiger partial charge in [-0.2, -0.15) is 0 Å². The first-order chi connectivity index (χ1) is 15.7. The lowest BCUT2D eigenvalue weighted by molar-refractivity contribution is 1.08. The van der Waals surface area contributed by atoms with Crippen molar-refractivity contribution in [2.45, 2.75) is 6.55 Å². The van der Waals surface area contributed by atoms with Crippen LogP contribution in [0.15, 0.2) is 122 Å². The first kappa shape index (κ1) is 18.8. The maximum atomic E-state index is 4.85. The Morgan fingerprint density at radius 1 is 0.594 bits per heavy atom. The molecular formula is C28H23N3Si. The SMILES string of the molecule is C[Si](c1ccccc1)(c1ccccc1)c1ccc(-n2ccn3c4ccccc4nc23)cc1. The molecule has 0 bridgehead atoms. The summed E-state index contributed by atoms with van der Waals surface area (Å²) in [4.78, 5) is 4.85. The number of benzene rings is 4. The Morgan fingerprint density at radius 3 is 1.81 bits per heavy atom. The number of hydrogen-bond acceptors (Lipinski definition) is 1. The van der Waals surface area contributed by atoms with Gasteiger partial charge in [0.25, 0.3) is 0 Å². The van der Waals surface area contributed by atoms with Crippen LogP contribution in [0, 0.1) is 0 Å². The zero-order valence-electron chi connectivity index (χ0n) is 17.9. The fourth-order valence-electron chi connectivity index (χ4n) is 4.75. The average molecular weight is 430 g/mol. The summed E-state index contributed by atoms with van der Waals surface area (Å²) in [5, 5.41) is 4.24. The fourth-order valence-corrected chi connectivity index (χ4v) is 8.30. The molecule has 0 saturated carbocycles. The topological polar surface area (TPSA) is 22.2 Å². The Labute approximate surface area is 188 Å². The number of aromatic nitrogens is 3. The molecule has 0 atom stereocenters. The van der Waals surface area contributed by atoms with Gasteiger partial charge in [-0.3, -0.25) is 8.97 Å². The summed E-state index contributed by atoms with van der Waals surface area (Å²) in [5.74, 6) is 0.935. The Balaban J connectivity index is 1.47. The van der Waals surface area contributed by atoms with Crippen LogP contribution in [0.1, 0.15) is 0 Å². The van der Waals surface area contributed by atoms with E-state index in [4.69, 9.17) is 4.98 Å². The molecule has 0 radical (unpaired) electrons. The fraction of sp³-hybridized carbons (Fsp3) is 0.0357. The van der Waals surface area contributed by atoms with Crippen molar-refractivity contribution in [2.75, 3.05) is 0 Å². The minimum atomic E-state index is -2.10. The van der Waals surface area contributed by atoms with E-state index in [1.807, 2.05) is 6.07 Å². The molecule has 6 aromatic rings. The van der Waals surface area contributed by atoms with Crippen molar-refractivity contribution < 1.29 is 0 Å². The van der Waals surface area contributed by atoms with Crippen LogP contribution in [0.2, 0.25) is 6.55 Å². The van der Waals surface area contributed by atoms with Gasteiger partial charge in [-0.15, -0.1) is 0 Å². The van der Waals surface area contributed by atoms with E-state index in [0.29, 0.717) is 0 Å². The van der Waals surface area contributed by atoms with Crippen LogP contribution in [0.3, 0.4) is 0 Å². The van der Waals surface area contributed by atoms with Crippen LogP contribution in [0.4, 0.5) is 0 Å². The highest BCUT2D eigenvalue weighted by molar-refractivity contribution is 7.10. The lowest BCUT2D eigenvalue weighted by Gasteiger charge is -2.29. The molecule has 4 aromatic carbocycles. The molecule has 0 unspecified atom stereocenters. The first-order valence-corrected chi connectivity index (χ1v) is 13.4. The minimum absolute atomic E-state index is 0.935. The highest BCUT2D eigenvalue weighted by Crippen LogP contribution is 2.20. The third kappa shape index (κ3) is 2.84. The van der Waals surface area contributed by atoms with Crippen molar-refractivity contribution in [3.63, 3.8) is 0 Å². The molecule has 0 spiro atoms. The molecule has 3 nitrogen and oxygen atoms in total. The molecule has 154 valence electrons. The molecule has 0 N–H and O–H groups in total. The van der Waals surface area contributed by atoms with E-state index in [2.05, 4.69) is 131 Å². The van der Waals surface area contributed by atoms with Crippen molar-refractivity contribution >= 4 is 40.4 Å². The van der Waals surface area contributed by atoms with Crippen molar-refractivity contribution in [2.24, 2.45) is 0 Å². The third-order valence-electron chi connectivity index (χ3n) is 6.58. The minimum Gasteiger partial charge on any atom is -0.286 e. The second kappa shape index (κ2) is 7.36. The van der Waals surface area contributed by atoms with E-state index in [0.717, 1.165) is 22.5 Å². The summed E-state index contributed by atoms with van der Waals surface area (Å²) in [6, 6.07) is 39.2. The van der Waals surface area contributed by atoms with Crippen LogP contribution in [0.5, 0.6) is 0 Å². The Bertz CT molecular complexity index is 1470. The number of hydrogen-bond donors (Lipinski definition) is 0. The van der Waals surface area contributed by atoms with Gasteiger partial charge in [0.1, 0.15) is 8.07 Å². The summed E-state index contributed by atoms with van der Waals surface area (Å²) < 4.78 is 4.31. The van der Waals surface area contributed by atoms with E-state index in [1.54, 1.807) is 0 Å². The van der Waals surface area contributed by atoms with Gasteiger partial charge in [0.15, 0.2) is 0 Å². The molecule has 6 rings (SSSR count). The van der Waals surface area contributed by atoms with E-state index in [1.165, 1.54) is 15.6 Å². The Kier molecular flexibility index (Phi) is 4.33. The van der Waals surface area contributed by atoms with Gasteiger partial charge in [-0.25, -0.2) is 4.98 Å². The number of para-hydroxylation sites is 2. The van der Waals surface area contributed by atoms with Gasteiger partial charge in [0.05, 0.1) is 11.0 Å². The molecule has 2 aromatic heterocycles. The van der Waals surface area contributed by atoms with E-state index < -0.39 is 8.07 Å². The van der Waals surface area contributed by atoms with Crippen molar-refractivity contribution in [1.82, 2.24) is 14.0 Å². The average Bonchev–Trinajstić information content (AvgIpc) is 3.44. The third-order valence-corrected chi connectivity index (χ3v) is 11.0. The normalized spacial score (nSPS) is 11.9.